The molecule has 0 atom stereocenters. The van der Waals surface area contributed by atoms with Crippen LogP contribution in [0.15, 0.2) is 24.8 Å². The summed E-state index contributed by atoms with van der Waals surface area (Å²) in [6.45, 7) is 3.64. The summed E-state index contributed by atoms with van der Waals surface area (Å²) in [6.07, 6.45) is 2.23. The molecule has 0 fully saturated rings. The quantitative estimate of drug-likeness (QED) is 0.463. The molecule has 92 valence electrons. The van der Waals surface area contributed by atoms with Crippen LogP contribution < -0.4 is 15.0 Å². The smallest absolute Gasteiger partial charge is 0.274 e. The molecule has 0 aliphatic heterocycles. The van der Waals surface area contributed by atoms with Gasteiger partial charge in [-0.25, -0.2) is 5.48 Å². The predicted molar refractivity (Wildman–Crippen MR) is 62.7 cm³/mol. The van der Waals surface area contributed by atoms with Crippen LogP contribution in [0.2, 0.25) is 0 Å². The van der Waals surface area contributed by atoms with Gasteiger partial charge in [0.25, 0.3) is 5.91 Å². The monoisotopic (exact) mass is 237 g/mol. The number of hydrogen-bond acceptors (Lipinski definition) is 4. The Balaban J connectivity index is 3.33. The van der Waals surface area contributed by atoms with Crippen LogP contribution in [0.25, 0.3) is 0 Å². The number of hydroxylamine groups is 1. The highest BCUT2D eigenvalue weighted by atomic mass is 16.5. The van der Waals surface area contributed by atoms with Crippen molar-refractivity contribution in [2.24, 2.45) is 0 Å². The first-order chi connectivity index (χ1) is 8.17. The first kappa shape index (κ1) is 13.1. The van der Waals surface area contributed by atoms with Crippen LogP contribution >= 0.6 is 0 Å². The van der Waals surface area contributed by atoms with Gasteiger partial charge in [0.2, 0.25) is 0 Å². The summed E-state index contributed by atoms with van der Waals surface area (Å²) in [5, 5.41) is 8.61. The Labute approximate surface area is 99.6 Å². The molecule has 0 spiro atoms. The third-order valence-electron chi connectivity index (χ3n) is 2.28. The van der Waals surface area contributed by atoms with Gasteiger partial charge in [-0.3, -0.25) is 10.0 Å². The maximum atomic E-state index is 11.4. The van der Waals surface area contributed by atoms with E-state index in [0.717, 1.165) is 5.56 Å². The minimum atomic E-state index is -0.601. The normalized spacial score (nSPS) is 9.59. The number of methoxy groups -OCH3 is 2. The van der Waals surface area contributed by atoms with Gasteiger partial charge in [0.1, 0.15) is 0 Å². The third kappa shape index (κ3) is 2.76. The van der Waals surface area contributed by atoms with E-state index in [0.29, 0.717) is 23.5 Å². The number of rotatable bonds is 5. The maximum Gasteiger partial charge on any atom is 0.274 e. The molecule has 2 N–H and O–H groups in total. The Bertz CT molecular complexity index is 429. The Morgan fingerprint density at radius 3 is 2.65 bits per heavy atom. The lowest BCUT2D eigenvalue weighted by Gasteiger charge is -2.13. The molecule has 0 aromatic heterocycles. The lowest BCUT2D eigenvalue weighted by Crippen LogP contribution is -2.19. The number of allylic oxidation sites excluding steroid dienone is 1. The number of amides is 1. The average molecular weight is 237 g/mol. The maximum absolute atomic E-state index is 11.4. The fraction of sp³-hybridized carbons (Fsp3) is 0.250. The fourth-order valence-electron chi connectivity index (χ4n) is 1.55. The Hall–Kier alpha value is -2.01. The van der Waals surface area contributed by atoms with E-state index in [4.69, 9.17) is 14.7 Å². The SMILES string of the molecule is C=CCc1cc(C(=O)NO)cc(OC)c1OC. The lowest BCUT2D eigenvalue weighted by molar-refractivity contribution is 0.0706. The summed E-state index contributed by atoms with van der Waals surface area (Å²) >= 11 is 0. The van der Waals surface area contributed by atoms with E-state index in [-0.39, 0.29) is 0 Å². The second-order valence-electron chi connectivity index (χ2n) is 3.30. The number of ether oxygens (including phenoxy) is 2. The van der Waals surface area contributed by atoms with Crippen molar-refractivity contribution < 1.29 is 19.5 Å². The number of benzene rings is 1. The number of carbonyl (C=O) groups is 1. The minimum Gasteiger partial charge on any atom is -0.493 e. The lowest BCUT2D eigenvalue weighted by atomic mass is 10.1. The van der Waals surface area contributed by atoms with Crippen molar-refractivity contribution in [2.45, 2.75) is 6.42 Å². The van der Waals surface area contributed by atoms with Gasteiger partial charge < -0.3 is 9.47 Å². The van der Waals surface area contributed by atoms with Crippen molar-refractivity contribution >= 4 is 5.91 Å². The van der Waals surface area contributed by atoms with Crippen LogP contribution in [0.5, 0.6) is 11.5 Å². The highest BCUT2D eigenvalue weighted by molar-refractivity contribution is 5.94. The van der Waals surface area contributed by atoms with Crippen molar-refractivity contribution in [3.63, 3.8) is 0 Å². The van der Waals surface area contributed by atoms with Crippen molar-refractivity contribution in [1.29, 1.82) is 0 Å². The van der Waals surface area contributed by atoms with Gasteiger partial charge in [0, 0.05) is 11.1 Å². The molecule has 1 aromatic rings. The molecule has 0 aliphatic carbocycles. The van der Waals surface area contributed by atoms with Gasteiger partial charge >= 0.3 is 0 Å². The molecule has 5 heteroatoms. The zero-order valence-electron chi connectivity index (χ0n) is 9.82. The summed E-state index contributed by atoms with van der Waals surface area (Å²) < 4.78 is 10.4. The van der Waals surface area contributed by atoms with Crippen LogP contribution in [-0.2, 0) is 6.42 Å². The van der Waals surface area contributed by atoms with Gasteiger partial charge in [0.05, 0.1) is 14.2 Å². The van der Waals surface area contributed by atoms with Crippen molar-refractivity contribution in [3.05, 3.63) is 35.9 Å². The molecule has 0 bridgehead atoms. The molecule has 1 aromatic carbocycles. The van der Waals surface area contributed by atoms with Crippen LogP contribution in [0, 0.1) is 0 Å². The van der Waals surface area contributed by atoms with Gasteiger partial charge in [0.15, 0.2) is 11.5 Å². The van der Waals surface area contributed by atoms with E-state index in [1.165, 1.54) is 20.3 Å². The molecule has 5 nitrogen and oxygen atoms in total. The molecule has 0 saturated heterocycles. The Morgan fingerprint density at radius 1 is 1.47 bits per heavy atom. The topological polar surface area (TPSA) is 67.8 Å². The van der Waals surface area contributed by atoms with Crippen LogP contribution in [0.3, 0.4) is 0 Å². The first-order valence-electron chi connectivity index (χ1n) is 4.98. The fourth-order valence-corrected chi connectivity index (χ4v) is 1.55. The molecule has 0 aliphatic rings. The molecule has 0 radical (unpaired) electrons. The second-order valence-corrected chi connectivity index (χ2v) is 3.30. The third-order valence-corrected chi connectivity index (χ3v) is 2.28. The zero-order valence-corrected chi connectivity index (χ0v) is 9.82. The number of hydrogen-bond donors (Lipinski definition) is 2. The van der Waals surface area contributed by atoms with E-state index in [1.807, 2.05) is 0 Å². The molecule has 0 heterocycles. The average Bonchev–Trinajstić information content (AvgIpc) is 2.37. The molecule has 0 unspecified atom stereocenters. The van der Waals surface area contributed by atoms with Gasteiger partial charge in [-0.2, -0.15) is 0 Å². The van der Waals surface area contributed by atoms with E-state index in [9.17, 15) is 4.79 Å². The van der Waals surface area contributed by atoms with E-state index >= 15 is 0 Å². The molecule has 1 amide bonds. The summed E-state index contributed by atoms with van der Waals surface area (Å²) in [4.78, 5) is 11.4. The van der Waals surface area contributed by atoms with Gasteiger partial charge in [-0.1, -0.05) is 6.08 Å². The van der Waals surface area contributed by atoms with Crippen LogP contribution in [-0.4, -0.2) is 25.3 Å². The summed E-state index contributed by atoms with van der Waals surface area (Å²) in [6, 6.07) is 3.12. The second kappa shape index (κ2) is 5.91. The van der Waals surface area contributed by atoms with E-state index in [1.54, 1.807) is 17.6 Å². The molecule has 17 heavy (non-hydrogen) atoms. The molecule has 0 saturated carbocycles. The van der Waals surface area contributed by atoms with Crippen molar-refractivity contribution in [2.75, 3.05) is 14.2 Å². The predicted octanol–water partition coefficient (Wildman–Crippen LogP) is 1.55. The Kier molecular flexibility index (Phi) is 4.54. The zero-order chi connectivity index (χ0) is 12.8. The minimum absolute atomic E-state index is 0.294. The number of nitrogens with one attached hydrogen (secondary N) is 1. The van der Waals surface area contributed by atoms with Crippen molar-refractivity contribution in [3.8, 4) is 11.5 Å². The summed E-state index contributed by atoms with van der Waals surface area (Å²) in [5.74, 6) is 0.392. The summed E-state index contributed by atoms with van der Waals surface area (Å²) in [7, 11) is 3.01. The van der Waals surface area contributed by atoms with Gasteiger partial charge in [-0.15, -0.1) is 6.58 Å². The molecular formula is C12H15NO4. The van der Waals surface area contributed by atoms with Crippen LogP contribution in [0.4, 0.5) is 0 Å². The van der Waals surface area contributed by atoms with Gasteiger partial charge in [-0.05, 0) is 18.6 Å². The van der Waals surface area contributed by atoms with E-state index in [2.05, 4.69) is 6.58 Å². The van der Waals surface area contributed by atoms with Crippen LogP contribution in [0.1, 0.15) is 15.9 Å². The highest BCUT2D eigenvalue weighted by Gasteiger charge is 2.15. The standard InChI is InChI=1S/C12H15NO4/c1-4-5-8-6-9(12(14)13-15)7-10(16-2)11(8)17-3/h4,6-7,15H,1,5H2,2-3H3,(H,13,14). The molecular weight excluding hydrogens is 222 g/mol. The molecule has 1 rings (SSSR count). The largest absolute Gasteiger partial charge is 0.493 e. The number of carbonyl (C=O) groups excluding carboxylic acids is 1. The van der Waals surface area contributed by atoms with E-state index < -0.39 is 5.91 Å². The first-order valence-corrected chi connectivity index (χ1v) is 4.98. The van der Waals surface area contributed by atoms with Crippen molar-refractivity contribution in [1.82, 2.24) is 5.48 Å². The highest BCUT2D eigenvalue weighted by Crippen LogP contribution is 2.33. The summed E-state index contributed by atoms with van der Waals surface area (Å²) in [5.41, 5.74) is 2.64. The Morgan fingerprint density at radius 2 is 2.18 bits per heavy atom.